The van der Waals surface area contributed by atoms with Crippen molar-refractivity contribution >= 4 is 41.6 Å². The van der Waals surface area contributed by atoms with Gasteiger partial charge in [-0.3, -0.25) is 19.2 Å². The molecule has 0 atom stereocenters. The fraction of sp³-hybridized carbons (Fsp3) is 0.348. The first-order valence-electron chi connectivity index (χ1n) is 10.4. The van der Waals surface area contributed by atoms with Crippen LogP contribution in [0.5, 0.6) is 0 Å². The minimum Gasteiger partial charge on any atom is -0.462 e. The Bertz CT molecular complexity index is 877. The molecule has 0 heterocycles. The van der Waals surface area contributed by atoms with Gasteiger partial charge in [0.2, 0.25) is 11.8 Å². The zero-order valence-corrected chi connectivity index (χ0v) is 18.8. The van der Waals surface area contributed by atoms with Gasteiger partial charge in [0, 0.05) is 18.8 Å². The summed E-state index contributed by atoms with van der Waals surface area (Å²) < 4.78 is 4.88. The molecule has 10 nitrogen and oxygen atoms in total. The number of hydrogen-bond donors (Lipinski definition) is 4. The van der Waals surface area contributed by atoms with Crippen molar-refractivity contribution in [3.63, 3.8) is 0 Å². The topological polar surface area (TPSA) is 143 Å². The van der Waals surface area contributed by atoms with Gasteiger partial charge < -0.3 is 26.0 Å². The second-order valence-corrected chi connectivity index (χ2v) is 6.81. The first-order chi connectivity index (χ1) is 15.8. The van der Waals surface area contributed by atoms with E-state index in [-0.39, 0.29) is 49.4 Å². The summed E-state index contributed by atoms with van der Waals surface area (Å²) in [5.74, 6) is -1.25. The molecule has 4 N–H and O–H groups in total. The predicted molar refractivity (Wildman–Crippen MR) is 124 cm³/mol. The summed E-state index contributed by atoms with van der Waals surface area (Å²) >= 11 is 0. The van der Waals surface area contributed by atoms with Gasteiger partial charge in [-0.2, -0.15) is 0 Å². The molecule has 0 aliphatic carbocycles. The molecule has 1 aromatic rings. The van der Waals surface area contributed by atoms with E-state index in [1.807, 2.05) is 0 Å². The molecule has 0 fully saturated rings. The fourth-order valence-corrected chi connectivity index (χ4v) is 2.43. The van der Waals surface area contributed by atoms with Crippen LogP contribution in [0.25, 0.3) is 6.08 Å². The van der Waals surface area contributed by atoms with Crippen LogP contribution in [0, 0.1) is 0 Å². The lowest BCUT2D eigenvalue weighted by molar-refractivity contribution is -0.138. The zero-order chi connectivity index (χ0) is 24.5. The number of carbonyl (C=O) groups excluding carboxylic acids is 5. The molecule has 0 saturated heterocycles. The fourth-order valence-electron chi connectivity index (χ4n) is 2.43. The molecule has 178 valence electrons. The van der Waals surface area contributed by atoms with Gasteiger partial charge in [-0.15, -0.1) is 0 Å². The molecule has 10 heteroatoms. The number of amides is 2. The Hall–Kier alpha value is -3.63. The smallest absolute Gasteiger partial charge is 0.338 e. The number of ketones is 1. The molecular weight excluding hydrogens is 428 g/mol. The van der Waals surface area contributed by atoms with E-state index in [2.05, 4.69) is 21.3 Å². The van der Waals surface area contributed by atoms with Gasteiger partial charge in [0.05, 0.1) is 31.8 Å². The summed E-state index contributed by atoms with van der Waals surface area (Å²) in [6, 6.07) is 6.78. The van der Waals surface area contributed by atoms with Crippen molar-refractivity contribution in [2.24, 2.45) is 0 Å². The number of esters is 1. The number of rotatable bonds is 15. The number of anilines is 1. The molecule has 0 aliphatic rings. The van der Waals surface area contributed by atoms with E-state index in [0.29, 0.717) is 25.1 Å². The van der Waals surface area contributed by atoms with E-state index in [9.17, 15) is 24.0 Å². The first-order valence-corrected chi connectivity index (χ1v) is 10.4. The van der Waals surface area contributed by atoms with Crippen LogP contribution in [0.2, 0.25) is 0 Å². The quantitative estimate of drug-likeness (QED) is 0.0961. The van der Waals surface area contributed by atoms with E-state index in [4.69, 9.17) is 4.74 Å². The highest BCUT2D eigenvalue weighted by molar-refractivity contribution is 5.97. The third kappa shape index (κ3) is 12.7. The minimum atomic E-state index is -0.591. The van der Waals surface area contributed by atoms with E-state index < -0.39 is 5.97 Å². The number of aldehydes is 1. The number of ether oxygens (including phenoxy) is 1. The van der Waals surface area contributed by atoms with Crippen molar-refractivity contribution in [2.75, 3.05) is 44.6 Å². The zero-order valence-electron chi connectivity index (χ0n) is 18.8. The molecular formula is C23H30N4O6. The maximum Gasteiger partial charge on any atom is 0.338 e. The third-order valence-corrected chi connectivity index (χ3v) is 3.99. The van der Waals surface area contributed by atoms with Gasteiger partial charge >= 0.3 is 5.97 Å². The maximum absolute atomic E-state index is 12.0. The van der Waals surface area contributed by atoms with Crippen molar-refractivity contribution in [2.45, 2.75) is 13.8 Å². The lowest BCUT2D eigenvalue weighted by Crippen LogP contribution is -2.40. The molecule has 0 aliphatic heterocycles. The normalized spacial score (nSPS) is 11.2. The molecule has 0 saturated carbocycles. The lowest BCUT2D eigenvalue weighted by atomic mass is 10.1. The number of Topliss-reactive ketones (excluding diaryl/α,β-unsaturated/α-hetero) is 1. The lowest BCUT2D eigenvalue weighted by Gasteiger charge is -2.08. The average molecular weight is 459 g/mol. The number of allylic oxidation sites excluding steroid dienone is 1. The summed E-state index contributed by atoms with van der Waals surface area (Å²) in [4.78, 5) is 57.0. The minimum absolute atomic E-state index is 0.0414. The van der Waals surface area contributed by atoms with Crippen molar-refractivity contribution in [1.29, 1.82) is 0 Å². The molecule has 0 unspecified atom stereocenters. The van der Waals surface area contributed by atoms with Crippen molar-refractivity contribution in [3.8, 4) is 0 Å². The highest BCUT2D eigenvalue weighted by Crippen LogP contribution is 2.12. The van der Waals surface area contributed by atoms with Crippen LogP contribution >= 0.6 is 0 Å². The maximum atomic E-state index is 12.0. The van der Waals surface area contributed by atoms with E-state index in [0.717, 1.165) is 11.6 Å². The van der Waals surface area contributed by atoms with E-state index in [1.165, 1.54) is 13.0 Å². The molecule has 0 aromatic heterocycles. The third-order valence-electron chi connectivity index (χ3n) is 3.99. The Morgan fingerprint density at radius 3 is 2.21 bits per heavy atom. The molecule has 0 radical (unpaired) electrons. The van der Waals surface area contributed by atoms with E-state index in [1.54, 1.807) is 37.3 Å². The summed E-state index contributed by atoms with van der Waals surface area (Å²) in [6.07, 6.45) is 4.75. The largest absolute Gasteiger partial charge is 0.462 e. The van der Waals surface area contributed by atoms with Gasteiger partial charge in [0.1, 0.15) is 12.1 Å². The number of hydrogen-bond acceptors (Lipinski definition) is 8. The Morgan fingerprint density at radius 2 is 1.61 bits per heavy atom. The van der Waals surface area contributed by atoms with E-state index >= 15 is 0 Å². The monoisotopic (exact) mass is 458 g/mol. The summed E-state index contributed by atoms with van der Waals surface area (Å²) in [5, 5.41) is 11.0. The van der Waals surface area contributed by atoms with Crippen LogP contribution in [0.4, 0.5) is 5.69 Å². The molecule has 1 rings (SSSR count). The first kappa shape index (κ1) is 27.4. The second kappa shape index (κ2) is 16.1. The second-order valence-electron chi connectivity index (χ2n) is 6.81. The van der Waals surface area contributed by atoms with Gasteiger partial charge in [0.25, 0.3) is 0 Å². The van der Waals surface area contributed by atoms with Crippen molar-refractivity contribution in [3.05, 3.63) is 47.6 Å². The highest BCUT2D eigenvalue weighted by Gasteiger charge is 2.07. The van der Waals surface area contributed by atoms with Crippen LogP contribution < -0.4 is 21.3 Å². The molecule has 0 spiro atoms. The SMILES string of the molecule is CCOC(=O)C(/C=C/c1ccc(NC(=O)CNC(=O)CNCCNCC(C)=O)cc1)=C/C=O. The van der Waals surface area contributed by atoms with Gasteiger partial charge in [-0.25, -0.2) is 4.79 Å². The van der Waals surface area contributed by atoms with Gasteiger partial charge in [-0.05, 0) is 43.7 Å². The van der Waals surface area contributed by atoms with Crippen LogP contribution in [-0.2, 0) is 28.7 Å². The average Bonchev–Trinajstić information content (AvgIpc) is 2.78. The predicted octanol–water partition coefficient (Wildman–Crippen LogP) is 0.211. The van der Waals surface area contributed by atoms with Crippen LogP contribution in [0.15, 0.2) is 42.0 Å². The van der Waals surface area contributed by atoms with Crippen LogP contribution in [0.3, 0.4) is 0 Å². The van der Waals surface area contributed by atoms with Crippen molar-refractivity contribution in [1.82, 2.24) is 16.0 Å². The number of nitrogens with one attached hydrogen (secondary N) is 4. The van der Waals surface area contributed by atoms with Crippen molar-refractivity contribution < 1.29 is 28.7 Å². The van der Waals surface area contributed by atoms with Crippen LogP contribution in [-0.4, -0.2) is 69.2 Å². The number of benzene rings is 1. The van der Waals surface area contributed by atoms with Gasteiger partial charge in [-0.1, -0.05) is 18.2 Å². The molecule has 2 amide bonds. The Labute approximate surface area is 192 Å². The Balaban J connectivity index is 2.40. The molecule has 0 bridgehead atoms. The van der Waals surface area contributed by atoms with Gasteiger partial charge in [0.15, 0.2) is 0 Å². The van der Waals surface area contributed by atoms with Crippen LogP contribution in [0.1, 0.15) is 19.4 Å². The number of carbonyl (C=O) groups is 5. The summed E-state index contributed by atoms with van der Waals surface area (Å²) in [5.41, 5.74) is 1.41. The Morgan fingerprint density at radius 1 is 0.939 bits per heavy atom. The molecule has 33 heavy (non-hydrogen) atoms. The molecule has 1 aromatic carbocycles. The Kier molecular flexibility index (Phi) is 13.3. The summed E-state index contributed by atoms with van der Waals surface area (Å²) in [7, 11) is 0. The standard InChI is InChI=1S/C23H30N4O6/c1-3-33-23(32)19(10-13-28)7-4-18-5-8-20(9-6-18)27-22(31)16-26-21(30)15-25-12-11-24-14-17(2)29/h4-10,13,24-25H,3,11-12,14-16H2,1-2H3,(H,26,30)(H,27,31)/b7-4+,19-10+. The summed E-state index contributed by atoms with van der Waals surface area (Å²) in [6.45, 7) is 4.60. The highest BCUT2D eigenvalue weighted by atomic mass is 16.5.